The second-order valence-electron chi connectivity index (χ2n) is 5.30. The largest absolute Gasteiger partial charge is 0.365 e. The zero-order chi connectivity index (χ0) is 17.4. The molecular formula is C18H20FN3O2. The molecule has 2 rings (SSSR count). The minimum Gasteiger partial charge on any atom is -0.365 e. The van der Waals surface area contributed by atoms with Crippen molar-refractivity contribution < 1.29 is 14.0 Å². The van der Waals surface area contributed by atoms with E-state index < -0.39 is 0 Å². The number of amides is 2. The molecule has 0 saturated heterocycles. The first kappa shape index (κ1) is 17.5. The Kier molecular flexibility index (Phi) is 6.31. The summed E-state index contributed by atoms with van der Waals surface area (Å²) < 4.78 is 12.8. The summed E-state index contributed by atoms with van der Waals surface area (Å²) in [4.78, 5) is 25.5. The van der Waals surface area contributed by atoms with Crippen molar-refractivity contribution in [2.24, 2.45) is 0 Å². The number of hydrogen-bond donors (Lipinski definition) is 2. The first-order chi connectivity index (χ1) is 11.6. The normalized spacial score (nSPS) is 10.1. The molecule has 0 radical (unpaired) electrons. The molecule has 0 aliphatic heterocycles. The second kappa shape index (κ2) is 8.67. The van der Waals surface area contributed by atoms with Gasteiger partial charge in [0.25, 0.3) is 5.91 Å². The van der Waals surface area contributed by atoms with Crippen LogP contribution in [0.15, 0.2) is 54.6 Å². The highest BCUT2D eigenvalue weighted by atomic mass is 19.1. The Balaban J connectivity index is 1.67. The summed E-state index contributed by atoms with van der Waals surface area (Å²) >= 11 is 0. The van der Waals surface area contributed by atoms with E-state index in [4.69, 9.17) is 0 Å². The lowest BCUT2D eigenvalue weighted by atomic mass is 10.2. The molecule has 0 atom stereocenters. The molecule has 2 aromatic carbocycles. The van der Waals surface area contributed by atoms with Gasteiger partial charge in [0.05, 0.1) is 6.54 Å². The molecule has 2 aromatic rings. The molecule has 0 aliphatic rings. The zero-order valence-corrected chi connectivity index (χ0v) is 13.5. The van der Waals surface area contributed by atoms with E-state index in [0.29, 0.717) is 18.7 Å². The lowest BCUT2D eigenvalue weighted by Gasteiger charge is -2.18. The van der Waals surface area contributed by atoms with Crippen molar-refractivity contribution in [3.63, 3.8) is 0 Å². The Bertz CT molecular complexity index is 674. The Labute approximate surface area is 140 Å². The van der Waals surface area contributed by atoms with Gasteiger partial charge < -0.3 is 15.5 Å². The van der Waals surface area contributed by atoms with E-state index >= 15 is 0 Å². The highest BCUT2D eigenvalue weighted by Crippen LogP contribution is 2.09. The fourth-order valence-electron chi connectivity index (χ4n) is 2.13. The Morgan fingerprint density at radius 3 is 2.25 bits per heavy atom. The number of hydrogen-bond acceptors (Lipinski definition) is 3. The average Bonchev–Trinajstić information content (AvgIpc) is 2.60. The highest BCUT2D eigenvalue weighted by molar-refractivity contribution is 5.94. The first-order valence-corrected chi connectivity index (χ1v) is 7.63. The van der Waals surface area contributed by atoms with E-state index in [0.717, 1.165) is 5.69 Å². The summed E-state index contributed by atoms with van der Waals surface area (Å²) in [5.74, 6) is -0.815. The van der Waals surface area contributed by atoms with Crippen molar-refractivity contribution in [2.75, 3.05) is 31.6 Å². The van der Waals surface area contributed by atoms with Crippen molar-refractivity contribution in [1.82, 2.24) is 10.6 Å². The standard InChI is InChI=1S/C18H20FN3O2/c1-22(16-5-3-2-4-6-16)13-17(23)20-11-12-21-18(24)14-7-9-15(19)10-8-14/h2-10H,11-13H2,1H3,(H,20,23)(H,21,24). The van der Waals surface area contributed by atoms with Crippen LogP contribution >= 0.6 is 0 Å². The van der Waals surface area contributed by atoms with E-state index in [9.17, 15) is 14.0 Å². The fourth-order valence-corrected chi connectivity index (χ4v) is 2.13. The lowest BCUT2D eigenvalue weighted by molar-refractivity contribution is -0.119. The summed E-state index contributed by atoms with van der Waals surface area (Å²) in [7, 11) is 1.84. The highest BCUT2D eigenvalue weighted by Gasteiger charge is 2.08. The van der Waals surface area contributed by atoms with Crippen LogP contribution < -0.4 is 15.5 Å². The van der Waals surface area contributed by atoms with Gasteiger partial charge in [0.1, 0.15) is 5.82 Å². The van der Waals surface area contributed by atoms with Gasteiger partial charge in [-0.15, -0.1) is 0 Å². The zero-order valence-electron chi connectivity index (χ0n) is 13.5. The van der Waals surface area contributed by atoms with Crippen LogP contribution in [0.25, 0.3) is 0 Å². The number of nitrogens with one attached hydrogen (secondary N) is 2. The van der Waals surface area contributed by atoms with Gasteiger partial charge in [-0.05, 0) is 36.4 Å². The van der Waals surface area contributed by atoms with Gasteiger partial charge in [-0.25, -0.2) is 4.39 Å². The molecule has 126 valence electrons. The van der Waals surface area contributed by atoms with Crippen LogP contribution in [-0.2, 0) is 4.79 Å². The van der Waals surface area contributed by atoms with Crippen molar-refractivity contribution in [3.8, 4) is 0 Å². The quantitative estimate of drug-likeness (QED) is 0.762. The number of rotatable bonds is 7. The van der Waals surface area contributed by atoms with Gasteiger partial charge in [-0.3, -0.25) is 9.59 Å². The second-order valence-corrected chi connectivity index (χ2v) is 5.30. The molecule has 0 saturated carbocycles. The number of nitrogens with zero attached hydrogens (tertiary/aromatic N) is 1. The van der Waals surface area contributed by atoms with Gasteiger partial charge in [0, 0.05) is 31.4 Å². The van der Waals surface area contributed by atoms with Crippen molar-refractivity contribution >= 4 is 17.5 Å². The number of benzene rings is 2. The molecule has 0 heterocycles. The van der Waals surface area contributed by atoms with E-state index in [1.807, 2.05) is 42.3 Å². The third-order valence-corrected chi connectivity index (χ3v) is 3.42. The molecule has 2 amide bonds. The molecule has 0 aromatic heterocycles. The van der Waals surface area contributed by atoms with E-state index in [1.54, 1.807) is 0 Å². The maximum absolute atomic E-state index is 12.8. The Hall–Kier alpha value is -2.89. The van der Waals surface area contributed by atoms with E-state index in [-0.39, 0.29) is 24.2 Å². The number of likely N-dealkylation sites (N-methyl/N-ethyl adjacent to an activating group) is 1. The topological polar surface area (TPSA) is 61.4 Å². The molecule has 5 nitrogen and oxygen atoms in total. The summed E-state index contributed by atoms with van der Waals surface area (Å²) in [6, 6.07) is 14.9. The number of para-hydroxylation sites is 1. The van der Waals surface area contributed by atoms with Crippen LogP contribution in [0.5, 0.6) is 0 Å². The maximum Gasteiger partial charge on any atom is 0.251 e. The predicted octanol–water partition coefficient (Wildman–Crippen LogP) is 1.81. The van der Waals surface area contributed by atoms with Crippen molar-refractivity contribution in [3.05, 3.63) is 66.0 Å². The van der Waals surface area contributed by atoms with Crippen molar-refractivity contribution in [2.45, 2.75) is 0 Å². The van der Waals surface area contributed by atoms with E-state index in [2.05, 4.69) is 10.6 Å². The minimum atomic E-state index is -0.388. The van der Waals surface area contributed by atoms with Crippen LogP contribution in [0.1, 0.15) is 10.4 Å². The number of carbonyl (C=O) groups excluding carboxylic acids is 2. The molecular weight excluding hydrogens is 309 g/mol. The van der Waals surface area contributed by atoms with Gasteiger partial charge in [-0.1, -0.05) is 18.2 Å². The first-order valence-electron chi connectivity index (χ1n) is 7.63. The number of carbonyl (C=O) groups is 2. The van der Waals surface area contributed by atoms with Crippen LogP contribution in [-0.4, -0.2) is 38.5 Å². The summed E-state index contributed by atoms with van der Waals surface area (Å²) in [5, 5.41) is 5.41. The van der Waals surface area contributed by atoms with Gasteiger partial charge in [-0.2, -0.15) is 0 Å². The number of anilines is 1. The number of halogens is 1. The third-order valence-electron chi connectivity index (χ3n) is 3.42. The lowest BCUT2D eigenvalue weighted by Crippen LogP contribution is -2.39. The smallest absolute Gasteiger partial charge is 0.251 e. The Morgan fingerprint density at radius 1 is 0.958 bits per heavy atom. The molecule has 0 spiro atoms. The monoisotopic (exact) mass is 329 g/mol. The van der Waals surface area contributed by atoms with Crippen LogP contribution in [0.2, 0.25) is 0 Å². The summed E-state index contributed by atoms with van der Waals surface area (Å²) in [5.41, 5.74) is 1.34. The van der Waals surface area contributed by atoms with Crippen LogP contribution in [0.3, 0.4) is 0 Å². The molecule has 2 N–H and O–H groups in total. The summed E-state index contributed by atoms with van der Waals surface area (Å²) in [6.45, 7) is 0.862. The van der Waals surface area contributed by atoms with Crippen LogP contribution in [0, 0.1) is 5.82 Å². The Morgan fingerprint density at radius 2 is 1.58 bits per heavy atom. The van der Waals surface area contributed by atoms with Crippen molar-refractivity contribution in [1.29, 1.82) is 0 Å². The molecule has 6 heteroatoms. The van der Waals surface area contributed by atoms with Gasteiger partial charge in [0.15, 0.2) is 0 Å². The van der Waals surface area contributed by atoms with Gasteiger partial charge >= 0.3 is 0 Å². The average molecular weight is 329 g/mol. The SMILES string of the molecule is CN(CC(=O)NCCNC(=O)c1ccc(F)cc1)c1ccccc1. The predicted molar refractivity (Wildman–Crippen MR) is 91.5 cm³/mol. The molecule has 0 fully saturated rings. The minimum absolute atomic E-state index is 0.127. The van der Waals surface area contributed by atoms with E-state index in [1.165, 1.54) is 24.3 Å². The summed E-state index contributed by atoms with van der Waals surface area (Å²) in [6.07, 6.45) is 0. The molecule has 0 aliphatic carbocycles. The fraction of sp³-hybridized carbons (Fsp3) is 0.222. The molecule has 24 heavy (non-hydrogen) atoms. The third kappa shape index (κ3) is 5.39. The maximum atomic E-state index is 12.8. The van der Waals surface area contributed by atoms with Gasteiger partial charge in [0.2, 0.25) is 5.91 Å². The van der Waals surface area contributed by atoms with Crippen LogP contribution in [0.4, 0.5) is 10.1 Å². The molecule has 0 unspecified atom stereocenters. The molecule has 0 bridgehead atoms.